The molecule has 1 aromatic heterocycles. The molecular formula is C16H27N5O. The lowest BCUT2D eigenvalue weighted by Crippen LogP contribution is -2.39. The zero-order valence-electron chi connectivity index (χ0n) is 13.9. The molecule has 0 spiro atoms. The molecule has 1 aromatic rings. The Morgan fingerprint density at radius 1 is 1.41 bits per heavy atom. The maximum Gasteiger partial charge on any atom is 0.274 e. The van der Waals surface area contributed by atoms with Crippen LogP contribution in [0.5, 0.6) is 0 Å². The quantitative estimate of drug-likeness (QED) is 0.811. The van der Waals surface area contributed by atoms with Gasteiger partial charge in [-0.3, -0.25) is 4.79 Å². The molecule has 1 N–H and O–H groups in total. The van der Waals surface area contributed by atoms with E-state index in [4.69, 9.17) is 0 Å². The molecule has 22 heavy (non-hydrogen) atoms. The van der Waals surface area contributed by atoms with Crippen LogP contribution in [-0.2, 0) is 0 Å². The second-order valence-corrected chi connectivity index (χ2v) is 6.39. The highest BCUT2D eigenvalue weighted by molar-refractivity contribution is 5.92. The molecule has 1 amide bonds. The van der Waals surface area contributed by atoms with Crippen LogP contribution < -0.4 is 5.32 Å². The number of piperidine rings is 1. The van der Waals surface area contributed by atoms with Crippen LogP contribution >= 0.6 is 0 Å². The minimum Gasteiger partial charge on any atom is -0.369 e. The first-order valence-electron chi connectivity index (χ1n) is 8.08. The van der Waals surface area contributed by atoms with Gasteiger partial charge in [0.2, 0.25) is 0 Å². The first kappa shape index (κ1) is 16.7. The zero-order chi connectivity index (χ0) is 15.9. The summed E-state index contributed by atoms with van der Waals surface area (Å²) in [5, 5.41) is 11.4. The summed E-state index contributed by atoms with van der Waals surface area (Å²) in [5.41, 5.74) is 0.438. The number of hydrogen-bond donors (Lipinski definition) is 1. The molecule has 122 valence electrons. The maximum atomic E-state index is 12.4. The Morgan fingerprint density at radius 3 is 2.86 bits per heavy atom. The fourth-order valence-corrected chi connectivity index (χ4v) is 2.69. The number of likely N-dealkylation sites (tertiary alicyclic amines) is 1. The van der Waals surface area contributed by atoms with Crippen LogP contribution in [0.1, 0.15) is 36.7 Å². The topological polar surface area (TPSA) is 61.4 Å². The van der Waals surface area contributed by atoms with Gasteiger partial charge in [0.05, 0.1) is 0 Å². The van der Waals surface area contributed by atoms with E-state index >= 15 is 0 Å². The molecule has 0 bridgehead atoms. The van der Waals surface area contributed by atoms with Crippen molar-refractivity contribution in [3.05, 3.63) is 17.8 Å². The van der Waals surface area contributed by atoms with Gasteiger partial charge in [-0.2, -0.15) is 0 Å². The van der Waals surface area contributed by atoms with Gasteiger partial charge in [-0.05, 0) is 58.0 Å². The molecule has 2 heterocycles. The Kier molecular flexibility index (Phi) is 6.12. The van der Waals surface area contributed by atoms with E-state index in [9.17, 15) is 4.79 Å². The van der Waals surface area contributed by atoms with Gasteiger partial charge in [0.15, 0.2) is 5.69 Å². The number of carbonyl (C=O) groups excluding carboxylic acids is 1. The minimum atomic E-state index is -0.00166. The number of hydrogen-bond acceptors (Lipinski definition) is 5. The number of nitrogens with zero attached hydrogens (tertiary/aromatic N) is 4. The highest BCUT2D eigenvalue weighted by Crippen LogP contribution is 2.17. The minimum absolute atomic E-state index is 0.00166. The van der Waals surface area contributed by atoms with E-state index in [1.807, 2.05) is 11.0 Å². The van der Waals surface area contributed by atoms with Gasteiger partial charge in [0, 0.05) is 19.6 Å². The van der Waals surface area contributed by atoms with Crippen LogP contribution in [0.2, 0.25) is 0 Å². The van der Waals surface area contributed by atoms with Crippen LogP contribution in [-0.4, -0.2) is 66.2 Å². The summed E-state index contributed by atoms with van der Waals surface area (Å²) in [7, 11) is 4.11. The molecule has 1 fully saturated rings. The fraction of sp³-hybridized carbons (Fsp3) is 0.688. The van der Waals surface area contributed by atoms with Crippen LogP contribution in [0, 0.1) is 5.92 Å². The van der Waals surface area contributed by atoms with Crippen molar-refractivity contribution in [1.29, 1.82) is 0 Å². The molecule has 0 radical (unpaired) electrons. The third-order valence-electron chi connectivity index (χ3n) is 3.92. The molecule has 6 nitrogen and oxygen atoms in total. The molecule has 1 aliphatic rings. The summed E-state index contributed by atoms with van der Waals surface area (Å²) in [6.07, 6.45) is 3.32. The van der Waals surface area contributed by atoms with E-state index < -0.39 is 0 Å². The molecule has 1 atom stereocenters. The number of aromatic nitrogens is 2. The second kappa shape index (κ2) is 8.08. The predicted octanol–water partition coefficient (Wildman–Crippen LogP) is 1.71. The van der Waals surface area contributed by atoms with E-state index in [1.54, 1.807) is 6.07 Å². The summed E-state index contributed by atoms with van der Waals surface area (Å²) in [5.74, 6) is 1.30. The lowest BCUT2D eigenvalue weighted by Gasteiger charge is -2.30. The Labute approximate surface area is 132 Å². The lowest BCUT2D eigenvalue weighted by molar-refractivity contribution is 0.0676. The van der Waals surface area contributed by atoms with Crippen molar-refractivity contribution in [1.82, 2.24) is 20.0 Å². The van der Waals surface area contributed by atoms with Gasteiger partial charge in [-0.15, -0.1) is 10.2 Å². The molecule has 0 aliphatic carbocycles. The van der Waals surface area contributed by atoms with E-state index in [2.05, 4.69) is 41.4 Å². The van der Waals surface area contributed by atoms with E-state index in [-0.39, 0.29) is 5.91 Å². The van der Waals surface area contributed by atoms with Crippen LogP contribution in [0.15, 0.2) is 12.1 Å². The van der Waals surface area contributed by atoms with Crippen molar-refractivity contribution in [2.24, 2.45) is 5.92 Å². The van der Waals surface area contributed by atoms with Crippen molar-refractivity contribution in [2.45, 2.75) is 26.2 Å². The van der Waals surface area contributed by atoms with Crippen molar-refractivity contribution in [3.8, 4) is 0 Å². The Bertz CT molecular complexity index is 474. The van der Waals surface area contributed by atoms with Gasteiger partial charge >= 0.3 is 0 Å². The lowest BCUT2D eigenvalue weighted by atomic mass is 10.00. The van der Waals surface area contributed by atoms with Crippen LogP contribution in [0.4, 0.5) is 5.82 Å². The summed E-state index contributed by atoms with van der Waals surface area (Å²) >= 11 is 0. The Hall–Kier alpha value is -1.69. The number of anilines is 1. The first-order valence-corrected chi connectivity index (χ1v) is 8.08. The summed E-state index contributed by atoms with van der Waals surface area (Å²) in [6.45, 7) is 5.72. The average Bonchev–Trinajstić information content (AvgIpc) is 2.51. The molecule has 0 saturated carbocycles. The smallest absolute Gasteiger partial charge is 0.274 e. The first-order chi connectivity index (χ1) is 10.6. The molecular weight excluding hydrogens is 278 g/mol. The van der Waals surface area contributed by atoms with Gasteiger partial charge in [0.1, 0.15) is 5.82 Å². The molecule has 1 unspecified atom stereocenters. The third-order valence-corrected chi connectivity index (χ3v) is 3.92. The normalized spacial score (nSPS) is 18.5. The maximum absolute atomic E-state index is 12.4. The zero-order valence-corrected chi connectivity index (χ0v) is 13.9. The monoisotopic (exact) mass is 305 g/mol. The van der Waals surface area contributed by atoms with Crippen molar-refractivity contribution < 1.29 is 4.79 Å². The third kappa shape index (κ3) is 4.94. The highest BCUT2D eigenvalue weighted by atomic mass is 16.2. The van der Waals surface area contributed by atoms with Gasteiger partial charge in [-0.1, -0.05) is 6.92 Å². The van der Waals surface area contributed by atoms with Crippen molar-refractivity contribution >= 4 is 11.7 Å². The van der Waals surface area contributed by atoms with E-state index in [0.29, 0.717) is 11.6 Å². The number of nitrogens with one attached hydrogen (secondary N) is 1. The number of amides is 1. The van der Waals surface area contributed by atoms with E-state index in [1.165, 1.54) is 6.42 Å². The fourth-order valence-electron chi connectivity index (χ4n) is 2.69. The van der Waals surface area contributed by atoms with Crippen LogP contribution in [0.25, 0.3) is 0 Å². The highest BCUT2D eigenvalue weighted by Gasteiger charge is 2.23. The molecule has 1 saturated heterocycles. The molecule has 6 heteroatoms. The molecule has 0 aromatic carbocycles. The predicted molar refractivity (Wildman–Crippen MR) is 88.0 cm³/mol. The standard InChI is InChI=1S/C16H27N5O/c1-13-6-4-11-21(12-13)16(22)14-7-8-15(19-18-14)17-9-5-10-20(2)3/h7-8,13H,4-6,9-12H2,1-3H3,(H,17,19). The molecule has 1 aliphatic heterocycles. The summed E-state index contributed by atoms with van der Waals surface area (Å²) in [4.78, 5) is 16.4. The Morgan fingerprint density at radius 2 is 2.23 bits per heavy atom. The molecule has 2 rings (SSSR count). The number of rotatable bonds is 6. The second-order valence-electron chi connectivity index (χ2n) is 6.39. The SMILES string of the molecule is CC1CCCN(C(=O)c2ccc(NCCCN(C)C)nn2)C1. The van der Waals surface area contributed by atoms with Gasteiger partial charge in [-0.25, -0.2) is 0 Å². The summed E-state index contributed by atoms with van der Waals surface area (Å²) in [6, 6.07) is 3.60. The van der Waals surface area contributed by atoms with Crippen molar-refractivity contribution in [2.75, 3.05) is 45.6 Å². The Balaban J connectivity index is 1.84. The van der Waals surface area contributed by atoms with Gasteiger partial charge < -0.3 is 15.1 Å². The van der Waals surface area contributed by atoms with Crippen molar-refractivity contribution in [3.63, 3.8) is 0 Å². The summed E-state index contributed by atoms with van der Waals surface area (Å²) < 4.78 is 0. The van der Waals surface area contributed by atoms with Gasteiger partial charge in [0.25, 0.3) is 5.91 Å². The largest absolute Gasteiger partial charge is 0.369 e. The average molecular weight is 305 g/mol. The van der Waals surface area contributed by atoms with E-state index in [0.717, 1.165) is 44.8 Å². The van der Waals surface area contributed by atoms with Crippen LogP contribution in [0.3, 0.4) is 0 Å². The number of carbonyl (C=O) groups is 1.